The predicted octanol–water partition coefficient (Wildman–Crippen LogP) is 2.09. The molecule has 0 aromatic heterocycles. The summed E-state index contributed by atoms with van der Waals surface area (Å²) in [6, 6.07) is 5.23. The fourth-order valence-corrected chi connectivity index (χ4v) is 2.63. The van der Waals surface area contributed by atoms with E-state index in [1.807, 2.05) is 19.9 Å². The van der Waals surface area contributed by atoms with E-state index in [0.29, 0.717) is 30.8 Å². The van der Waals surface area contributed by atoms with Crippen molar-refractivity contribution >= 4 is 23.4 Å². The summed E-state index contributed by atoms with van der Waals surface area (Å²) in [6.45, 7) is 5.17. The van der Waals surface area contributed by atoms with Crippen LogP contribution in [0.3, 0.4) is 0 Å². The van der Waals surface area contributed by atoms with Crippen LogP contribution in [-0.2, 0) is 9.59 Å². The number of hydrogen-bond acceptors (Lipinski definition) is 3. The van der Waals surface area contributed by atoms with E-state index in [1.54, 1.807) is 17.0 Å². The Balaban J connectivity index is 2.01. The minimum absolute atomic E-state index is 0.0285. The zero-order valence-corrected chi connectivity index (χ0v) is 14.4. The van der Waals surface area contributed by atoms with Gasteiger partial charge in [-0.25, -0.2) is 0 Å². The first-order chi connectivity index (χ1) is 11.5. The fraction of sp³-hybridized carbons (Fsp3) is 0.500. The average Bonchev–Trinajstić information content (AvgIpc) is 2.56. The molecule has 0 spiro atoms. The normalized spacial score (nSPS) is 14.4. The summed E-state index contributed by atoms with van der Waals surface area (Å²) < 4.78 is 0. The third-order valence-electron chi connectivity index (χ3n) is 4.07. The second-order valence-electron chi connectivity index (χ2n) is 6.11. The van der Waals surface area contributed by atoms with Crippen molar-refractivity contribution in [1.29, 1.82) is 0 Å². The molecule has 0 atom stereocenters. The van der Waals surface area contributed by atoms with Gasteiger partial charge in [0, 0.05) is 30.8 Å². The number of anilines is 1. The topological polar surface area (TPSA) is 78.5 Å². The van der Waals surface area contributed by atoms with Crippen LogP contribution >= 0.6 is 0 Å². The number of amides is 3. The molecule has 2 rings (SSSR count). The van der Waals surface area contributed by atoms with Crippen LogP contribution < -0.4 is 10.6 Å². The van der Waals surface area contributed by atoms with E-state index >= 15 is 0 Å². The molecule has 0 radical (unpaired) electrons. The number of hydrogen-bond donors (Lipinski definition) is 2. The number of carbonyl (C=O) groups is 3. The zero-order chi connectivity index (χ0) is 17.5. The SMILES string of the molecule is CCCNC(=O)c1ccc(C)c(NC(=O)CN2CCCCC2=O)c1. The van der Waals surface area contributed by atoms with E-state index in [9.17, 15) is 14.4 Å². The lowest BCUT2D eigenvalue weighted by molar-refractivity contribution is -0.136. The van der Waals surface area contributed by atoms with Crippen LogP contribution in [0.15, 0.2) is 18.2 Å². The molecular weight excluding hydrogens is 306 g/mol. The third-order valence-corrected chi connectivity index (χ3v) is 4.07. The van der Waals surface area contributed by atoms with Gasteiger partial charge in [0.1, 0.15) is 0 Å². The number of carbonyl (C=O) groups excluding carboxylic acids is 3. The minimum atomic E-state index is -0.237. The van der Waals surface area contributed by atoms with Crippen molar-refractivity contribution in [3.63, 3.8) is 0 Å². The van der Waals surface area contributed by atoms with E-state index in [4.69, 9.17) is 0 Å². The quantitative estimate of drug-likeness (QED) is 0.838. The van der Waals surface area contributed by atoms with E-state index in [2.05, 4.69) is 10.6 Å². The molecular formula is C18H25N3O3. The number of piperidine rings is 1. The number of rotatable bonds is 6. The van der Waals surface area contributed by atoms with E-state index in [-0.39, 0.29) is 24.3 Å². The van der Waals surface area contributed by atoms with Crippen LogP contribution in [0.1, 0.15) is 48.5 Å². The Labute approximate surface area is 142 Å². The van der Waals surface area contributed by atoms with Gasteiger partial charge in [-0.1, -0.05) is 13.0 Å². The molecule has 1 aliphatic rings. The molecule has 0 saturated carbocycles. The minimum Gasteiger partial charge on any atom is -0.352 e. The van der Waals surface area contributed by atoms with Gasteiger partial charge in [0.25, 0.3) is 5.91 Å². The molecule has 1 heterocycles. The van der Waals surface area contributed by atoms with Crippen molar-refractivity contribution in [2.24, 2.45) is 0 Å². The Bertz CT molecular complexity index is 628. The molecule has 1 aromatic carbocycles. The van der Waals surface area contributed by atoms with Crippen molar-refractivity contribution < 1.29 is 14.4 Å². The lowest BCUT2D eigenvalue weighted by Crippen LogP contribution is -2.40. The first kappa shape index (κ1) is 18.0. The van der Waals surface area contributed by atoms with Gasteiger partial charge < -0.3 is 15.5 Å². The van der Waals surface area contributed by atoms with Gasteiger partial charge in [0.05, 0.1) is 6.54 Å². The van der Waals surface area contributed by atoms with Crippen LogP contribution in [0.4, 0.5) is 5.69 Å². The van der Waals surface area contributed by atoms with E-state index in [1.165, 1.54) is 0 Å². The Hall–Kier alpha value is -2.37. The monoisotopic (exact) mass is 331 g/mol. The standard InChI is InChI=1S/C18H25N3O3/c1-3-9-19-18(24)14-8-7-13(2)15(11-14)20-16(22)12-21-10-5-4-6-17(21)23/h7-8,11H,3-6,9-10,12H2,1-2H3,(H,19,24)(H,20,22). The molecule has 1 aromatic rings. The molecule has 1 fully saturated rings. The number of likely N-dealkylation sites (tertiary alicyclic amines) is 1. The van der Waals surface area contributed by atoms with Crippen molar-refractivity contribution in [1.82, 2.24) is 10.2 Å². The Morgan fingerprint density at radius 3 is 2.75 bits per heavy atom. The van der Waals surface area contributed by atoms with Gasteiger partial charge >= 0.3 is 0 Å². The van der Waals surface area contributed by atoms with E-state index in [0.717, 1.165) is 24.8 Å². The fourth-order valence-electron chi connectivity index (χ4n) is 2.63. The summed E-state index contributed by atoms with van der Waals surface area (Å²) in [6.07, 6.45) is 3.21. The Morgan fingerprint density at radius 2 is 2.04 bits per heavy atom. The lowest BCUT2D eigenvalue weighted by Gasteiger charge is -2.26. The van der Waals surface area contributed by atoms with Gasteiger partial charge in [-0.15, -0.1) is 0 Å². The molecule has 2 N–H and O–H groups in total. The van der Waals surface area contributed by atoms with Gasteiger partial charge in [-0.3, -0.25) is 14.4 Å². The highest BCUT2D eigenvalue weighted by Crippen LogP contribution is 2.17. The van der Waals surface area contributed by atoms with Gasteiger partial charge in [-0.2, -0.15) is 0 Å². The van der Waals surface area contributed by atoms with Crippen molar-refractivity contribution in [3.8, 4) is 0 Å². The summed E-state index contributed by atoms with van der Waals surface area (Å²) >= 11 is 0. The average molecular weight is 331 g/mol. The Kier molecular flexibility index (Phi) is 6.35. The van der Waals surface area contributed by atoms with Gasteiger partial charge in [0.2, 0.25) is 11.8 Å². The number of benzene rings is 1. The summed E-state index contributed by atoms with van der Waals surface area (Å²) in [5, 5.41) is 5.63. The molecule has 130 valence electrons. The highest BCUT2D eigenvalue weighted by molar-refractivity contribution is 5.99. The van der Waals surface area contributed by atoms with E-state index < -0.39 is 0 Å². The van der Waals surface area contributed by atoms with Gasteiger partial charge in [-0.05, 0) is 43.9 Å². The van der Waals surface area contributed by atoms with Crippen LogP contribution in [0, 0.1) is 6.92 Å². The van der Waals surface area contributed by atoms with Crippen LogP contribution in [0.2, 0.25) is 0 Å². The predicted molar refractivity (Wildman–Crippen MR) is 92.9 cm³/mol. The number of aryl methyl sites for hydroxylation is 1. The molecule has 1 aliphatic heterocycles. The summed E-state index contributed by atoms with van der Waals surface area (Å²) in [4.78, 5) is 37.6. The molecule has 0 bridgehead atoms. The summed E-state index contributed by atoms with van der Waals surface area (Å²) in [5.41, 5.74) is 1.99. The highest BCUT2D eigenvalue weighted by atomic mass is 16.2. The first-order valence-corrected chi connectivity index (χ1v) is 8.47. The first-order valence-electron chi connectivity index (χ1n) is 8.47. The van der Waals surface area contributed by atoms with Crippen LogP contribution in [0.25, 0.3) is 0 Å². The second-order valence-corrected chi connectivity index (χ2v) is 6.11. The maximum Gasteiger partial charge on any atom is 0.251 e. The number of nitrogens with zero attached hydrogens (tertiary/aromatic N) is 1. The molecule has 3 amide bonds. The van der Waals surface area contributed by atoms with Crippen molar-refractivity contribution in [2.45, 2.75) is 39.5 Å². The second kappa shape index (κ2) is 8.47. The molecule has 0 unspecified atom stereocenters. The van der Waals surface area contributed by atoms with Gasteiger partial charge in [0.15, 0.2) is 0 Å². The molecule has 24 heavy (non-hydrogen) atoms. The lowest BCUT2D eigenvalue weighted by atomic mass is 10.1. The smallest absolute Gasteiger partial charge is 0.251 e. The highest BCUT2D eigenvalue weighted by Gasteiger charge is 2.20. The maximum absolute atomic E-state index is 12.2. The van der Waals surface area contributed by atoms with Crippen LogP contribution in [-0.4, -0.2) is 42.3 Å². The van der Waals surface area contributed by atoms with Crippen molar-refractivity contribution in [2.75, 3.05) is 25.0 Å². The van der Waals surface area contributed by atoms with Crippen LogP contribution in [0.5, 0.6) is 0 Å². The van der Waals surface area contributed by atoms with Crippen molar-refractivity contribution in [3.05, 3.63) is 29.3 Å². The molecule has 6 heteroatoms. The number of nitrogens with one attached hydrogen (secondary N) is 2. The zero-order valence-electron chi connectivity index (χ0n) is 14.4. The molecule has 1 saturated heterocycles. The largest absolute Gasteiger partial charge is 0.352 e. The summed E-state index contributed by atoms with van der Waals surface area (Å²) in [7, 11) is 0. The third kappa shape index (κ3) is 4.81. The maximum atomic E-state index is 12.2. The summed E-state index contributed by atoms with van der Waals surface area (Å²) in [5.74, 6) is -0.362. The Morgan fingerprint density at radius 1 is 1.25 bits per heavy atom. The molecule has 6 nitrogen and oxygen atoms in total. The molecule has 0 aliphatic carbocycles.